The van der Waals surface area contributed by atoms with Gasteiger partial charge in [-0.05, 0) is 42.3 Å². The van der Waals surface area contributed by atoms with E-state index in [9.17, 15) is 4.79 Å². The fourth-order valence-electron chi connectivity index (χ4n) is 3.02. The molecule has 0 aliphatic heterocycles. The summed E-state index contributed by atoms with van der Waals surface area (Å²) < 4.78 is 1.05. The van der Waals surface area contributed by atoms with Crippen LogP contribution in [0.5, 0.6) is 0 Å². The maximum absolute atomic E-state index is 13.4. The lowest BCUT2D eigenvalue weighted by atomic mass is 10.1. The van der Waals surface area contributed by atoms with Gasteiger partial charge in [0.05, 0.1) is 16.8 Å². The normalized spacial score (nSPS) is 11.0. The molecule has 0 atom stereocenters. The number of para-hydroxylation sites is 1. The number of carbonyl (C=O) groups is 1. The molecule has 0 unspecified atom stereocenters. The van der Waals surface area contributed by atoms with Gasteiger partial charge in [-0.25, -0.2) is 4.98 Å². The van der Waals surface area contributed by atoms with Crippen molar-refractivity contribution in [1.29, 1.82) is 0 Å². The van der Waals surface area contributed by atoms with Crippen molar-refractivity contribution in [3.8, 4) is 0 Å². The first-order valence-electron chi connectivity index (χ1n) is 8.69. The summed E-state index contributed by atoms with van der Waals surface area (Å²) in [5.74, 6) is -0.190. The lowest BCUT2D eigenvalue weighted by molar-refractivity contribution is 0.0985. The van der Waals surface area contributed by atoms with Crippen LogP contribution in [0.3, 0.4) is 0 Å². The highest BCUT2D eigenvalue weighted by Crippen LogP contribution is 2.33. The molecule has 0 aliphatic rings. The third kappa shape index (κ3) is 3.90. The number of aryl methyl sites for hydroxylation is 1. The van der Waals surface area contributed by atoms with E-state index < -0.39 is 0 Å². The van der Waals surface area contributed by atoms with Gasteiger partial charge < -0.3 is 0 Å². The van der Waals surface area contributed by atoms with Gasteiger partial charge in [-0.1, -0.05) is 77.0 Å². The van der Waals surface area contributed by atoms with Crippen LogP contribution in [-0.4, -0.2) is 10.9 Å². The maximum atomic E-state index is 13.4. The van der Waals surface area contributed by atoms with Crippen LogP contribution in [0.2, 0.25) is 10.0 Å². The summed E-state index contributed by atoms with van der Waals surface area (Å²) in [6.45, 7) is 2.43. The van der Waals surface area contributed by atoms with Crippen LogP contribution >= 0.6 is 34.5 Å². The molecule has 28 heavy (non-hydrogen) atoms. The highest BCUT2D eigenvalue weighted by Gasteiger charge is 2.23. The molecule has 0 saturated heterocycles. The van der Waals surface area contributed by atoms with Crippen LogP contribution in [0.15, 0.2) is 66.7 Å². The summed E-state index contributed by atoms with van der Waals surface area (Å²) in [6.07, 6.45) is 0. The van der Waals surface area contributed by atoms with Crippen molar-refractivity contribution < 1.29 is 4.79 Å². The minimum atomic E-state index is -0.190. The molecule has 0 N–H and O–H groups in total. The number of nitrogens with zero attached hydrogens (tertiary/aromatic N) is 2. The lowest BCUT2D eigenvalue weighted by Crippen LogP contribution is -2.30. The molecule has 0 fully saturated rings. The minimum absolute atomic E-state index is 0.190. The van der Waals surface area contributed by atoms with Gasteiger partial charge in [0.15, 0.2) is 5.13 Å². The van der Waals surface area contributed by atoms with Crippen molar-refractivity contribution in [3.63, 3.8) is 0 Å². The van der Waals surface area contributed by atoms with E-state index in [-0.39, 0.29) is 5.91 Å². The number of rotatable bonds is 4. The minimum Gasteiger partial charge on any atom is -0.279 e. The Balaban J connectivity index is 1.80. The number of anilines is 1. The van der Waals surface area contributed by atoms with Gasteiger partial charge in [-0.3, -0.25) is 9.69 Å². The Hall–Kier alpha value is -2.40. The van der Waals surface area contributed by atoms with Crippen molar-refractivity contribution in [1.82, 2.24) is 4.98 Å². The number of hydrogen-bond donors (Lipinski definition) is 0. The molecule has 4 aromatic rings. The highest BCUT2D eigenvalue weighted by molar-refractivity contribution is 7.22. The Kier molecular flexibility index (Phi) is 5.36. The summed E-state index contributed by atoms with van der Waals surface area (Å²) in [7, 11) is 0. The number of carbonyl (C=O) groups excluding carboxylic acids is 1. The first-order valence-corrected chi connectivity index (χ1v) is 10.3. The summed E-state index contributed by atoms with van der Waals surface area (Å²) in [6, 6.07) is 20.8. The SMILES string of the molecule is Cc1cccc2sc(N(Cc3ccccc3)C(=O)c3cc(Cl)cc(Cl)c3)nc12. The van der Waals surface area contributed by atoms with E-state index in [1.165, 1.54) is 11.3 Å². The zero-order valence-electron chi connectivity index (χ0n) is 15.0. The van der Waals surface area contributed by atoms with Crippen LogP contribution in [-0.2, 0) is 6.54 Å². The standard InChI is InChI=1S/C22H16Cl2N2OS/c1-14-6-5-9-19-20(14)25-22(28-19)26(13-15-7-3-2-4-8-15)21(27)16-10-17(23)12-18(24)11-16/h2-12H,13H2,1H3. The summed E-state index contributed by atoms with van der Waals surface area (Å²) in [5.41, 5.74) is 3.44. The van der Waals surface area contributed by atoms with Crippen molar-refractivity contribution in [2.45, 2.75) is 13.5 Å². The average Bonchev–Trinajstić information content (AvgIpc) is 3.11. The van der Waals surface area contributed by atoms with Gasteiger partial charge in [-0.2, -0.15) is 0 Å². The van der Waals surface area contributed by atoms with Gasteiger partial charge in [0.1, 0.15) is 0 Å². The monoisotopic (exact) mass is 426 g/mol. The molecule has 0 saturated carbocycles. The van der Waals surface area contributed by atoms with Crippen LogP contribution in [0, 0.1) is 6.92 Å². The molecule has 0 bridgehead atoms. The average molecular weight is 427 g/mol. The molecule has 1 amide bonds. The number of hydrogen-bond acceptors (Lipinski definition) is 3. The van der Waals surface area contributed by atoms with Crippen molar-refractivity contribution in [2.24, 2.45) is 0 Å². The Morgan fingerprint density at radius 1 is 1.00 bits per heavy atom. The Labute approximate surface area is 177 Å². The Morgan fingerprint density at radius 2 is 1.71 bits per heavy atom. The first-order chi connectivity index (χ1) is 13.5. The maximum Gasteiger partial charge on any atom is 0.260 e. The third-order valence-electron chi connectivity index (χ3n) is 4.38. The lowest BCUT2D eigenvalue weighted by Gasteiger charge is -2.20. The second-order valence-electron chi connectivity index (χ2n) is 6.45. The Morgan fingerprint density at radius 3 is 2.39 bits per heavy atom. The molecule has 1 heterocycles. The predicted octanol–water partition coefficient (Wildman–Crippen LogP) is 6.76. The molecule has 3 nitrogen and oxygen atoms in total. The predicted molar refractivity (Wildman–Crippen MR) is 118 cm³/mol. The Bertz CT molecular complexity index is 1140. The van der Waals surface area contributed by atoms with E-state index in [0.717, 1.165) is 21.3 Å². The van der Waals surface area contributed by atoms with Crippen LogP contribution in [0.4, 0.5) is 5.13 Å². The summed E-state index contributed by atoms with van der Waals surface area (Å²) >= 11 is 13.7. The van der Waals surface area contributed by atoms with Gasteiger partial charge >= 0.3 is 0 Å². The molecular weight excluding hydrogens is 411 g/mol. The molecule has 4 rings (SSSR count). The third-order valence-corrected chi connectivity index (χ3v) is 5.86. The molecule has 140 valence electrons. The van der Waals surface area contributed by atoms with E-state index in [1.54, 1.807) is 23.1 Å². The largest absolute Gasteiger partial charge is 0.279 e. The van der Waals surface area contributed by atoms with E-state index in [2.05, 4.69) is 0 Å². The quantitative estimate of drug-likeness (QED) is 0.361. The molecule has 1 aromatic heterocycles. The fourth-order valence-corrected chi connectivity index (χ4v) is 4.58. The van der Waals surface area contributed by atoms with Gasteiger partial charge in [-0.15, -0.1) is 0 Å². The van der Waals surface area contributed by atoms with Crippen LogP contribution in [0.1, 0.15) is 21.5 Å². The molecule has 3 aromatic carbocycles. The zero-order chi connectivity index (χ0) is 19.7. The number of fused-ring (bicyclic) bond motifs is 1. The smallest absolute Gasteiger partial charge is 0.260 e. The number of amides is 1. The van der Waals surface area contributed by atoms with Gasteiger partial charge in [0.2, 0.25) is 0 Å². The number of benzene rings is 3. The first kappa shape index (κ1) is 18.9. The zero-order valence-corrected chi connectivity index (χ0v) is 17.4. The fraction of sp³-hybridized carbons (Fsp3) is 0.0909. The number of thiazole rings is 1. The molecule has 6 heteroatoms. The van der Waals surface area contributed by atoms with Gasteiger partial charge in [0, 0.05) is 15.6 Å². The summed E-state index contributed by atoms with van der Waals surface area (Å²) in [5, 5.41) is 1.50. The van der Waals surface area contributed by atoms with Crippen molar-refractivity contribution >= 4 is 55.8 Å². The van der Waals surface area contributed by atoms with E-state index in [1.807, 2.05) is 55.5 Å². The van der Waals surface area contributed by atoms with Crippen molar-refractivity contribution in [2.75, 3.05) is 4.90 Å². The van der Waals surface area contributed by atoms with E-state index in [0.29, 0.717) is 27.3 Å². The molecule has 0 radical (unpaired) electrons. The number of aromatic nitrogens is 1. The summed E-state index contributed by atoms with van der Waals surface area (Å²) in [4.78, 5) is 19.8. The second kappa shape index (κ2) is 7.92. The van der Waals surface area contributed by atoms with Crippen molar-refractivity contribution in [3.05, 3.63) is 93.5 Å². The van der Waals surface area contributed by atoms with E-state index in [4.69, 9.17) is 28.2 Å². The van der Waals surface area contributed by atoms with E-state index >= 15 is 0 Å². The molecular formula is C22H16Cl2N2OS. The highest BCUT2D eigenvalue weighted by atomic mass is 35.5. The van der Waals surface area contributed by atoms with Gasteiger partial charge in [0.25, 0.3) is 5.91 Å². The second-order valence-corrected chi connectivity index (χ2v) is 8.34. The van der Waals surface area contributed by atoms with Crippen LogP contribution < -0.4 is 4.90 Å². The number of halogens is 2. The van der Waals surface area contributed by atoms with Crippen LogP contribution in [0.25, 0.3) is 10.2 Å². The molecule has 0 spiro atoms. The topological polar surface area (TPSA) is 33.2 Å². The molecule has 0 aliphatic carbocycles.